The number of likely N-dealkylation sites (tertiary alicyclic amines) is 1. The van der Waals surface area contributed by atoms with Gasteiger partial charge in [0.05, 0.1) is 7.11 Å². The Kier molecular flexibility index (Phi) is 3.35. The molecule has 1 heterocycles. The molecule has 0 aromatic heterocycles. The minimum absolute atomic E-state index is 0.226. The van der Waals surface area contributed by atoms with E-state index in [0.717, 1.165) is 25.1 Å². The molecule has 1 fully saturated rings. The Hall–Kier alpha value is -1.13. The van der Waals surface area contributed by atoms with Crippen LogP contribution in [0.5, 0.6) is 5.75 Å². The smallest absolute Gasteiger partial charge is 0.165 e. The number of methoxy groups -OCH3 is 1. The Morgan fingerprint density at radius 1 is 1.53 bits per heavy atom. The molecule has 1 aliphatic rings. The van der Waals surface area contributed by atoms with E-state index in [4.69, 9.17) is 10.5 Å². The van der Waals surface area contributed by atoms with E-state index >= 15 is 0 Å². The monoisotopic (exact) mass is 238 g/mol. The second kappa shape index (κ2) is 4.63. The predicted octanol–water partition coefficient (Wildman–Crippen LogP) is 1.41. The van der Waals surface area contributed by atoms with Crippen LogP contribution < -0.4 is 10.5 Å². The van der Waals surface area contributed by atoms with E-state index in [1.54, 1.807) is 6.07 Å². The number of hydrogen-bond acceptors (Lipinski definition) is 3. The lowest BCUT2D eigenvalue weighted by atomic mass is 9.91. The molecule has 1 saturated heterocycles. The Bertz CT molecular complexity index is 410. The van der Waals surface area contributed by atoms with E-state index in [0.29, 0.717) is 6.42 Å². The van der Waals surface area contributed by atoms with Gasteiger partial charge < -0.3 is 15.4 Å². The maximum atomic E-state index is 13.5. The van der Waals surface area contributed by atoms with Crippen molar-refractivity contribution >= 4 is 0 Å². The summed E-state index contributed by atoms with van der Waals surface area (Å²) in [6, 6.07) is 5.06. The lowest BCUT2D eigenvalue weighted by Gasteiger charge is -2.24. The van der Waals surface area contributed by atoms with Crippen molar-refractivity contribution in [3.05, 3.63) is 29.6 Å². The van der Waals surface area contributed by atoms with Gasteiger partial charge in [-0.3, -0.25) is 0 Å². The standard InChI is InChI=1S/C13H19FN2O/c1-16-6-5-13(15,9-16)8-10-3-4-12(17-2)11(14)7-10/h3-4,7H,5-6,8-9,15H2,1-2H3. The van der Waals surface area contributed by atoms with Gasteiger partial charge in [0.25, 0.3) is 0 Å². The summed E-state index contributed by atoms with van der Waals surface area (Å²) in [5.74, 6) is -0.0386. The molecule has 1 unspecified atom stereocenters. The van der Waals surface area contributed by atoms with Crippen molar-refractivity contribution in [1.82, 2.24) is 4.90 Å². The first-order chi connectivity index (χ1) is 8.02. The van der Waals surface area contributed by atoms with Gasteiger partial charge in [0.2, 0.25) is 0 Å². The second-order valence-corrected chi connectivity index (χ2v) is 5.00. The van der Waals surface area contributed by atoms with Crippen molar-refractivity contribution in [2.24, 2.45) is 5.73 Å². The van der Waals surface area contributed by atoms with Crippen LogP contribution in [0.15, 0.2) is 18.2 Å². The molecule has 1 aromatic rings. The highest BCUT2D eigenvalue weighted by atomic mass is 19.1. The average molecular weight is 238 g/mol. The molecule has 0 amide bonds. The van der Waals surface area contributed by atoms with E-state index in [1.165, 1.54) is 13.2 Å². The first-order valence-corrected chi connectivity index (χ1v) is 5.82. The Morgan fingerprint density at radius 3 is 2.82 bits per heavy atom. The summed E-state index contributed by atoms with van der Waals surface area (Å²) in [5.41, 5.74) is 7.01. The van der Waals surface area contributed by atoms with E-state index < -0.39 is 0 Å². The Balaban J connectivity index is 2.11. The Morgan fingerprint density at radius 2 is 2.29 bits per heavy atom. The SMILES string of the molecule is COc1ccc(CC2(N)CCN(C)C2)cc1F. The molecule has 1 aromatic carbocycles. The molecule has 0 aliphatic carbocycles. The van der Waals surface area contributed by atoms with Gasteiger partial charge in [-0.15, -0.1) is 0 Å². The van der Waals surface area contributed by atoms with Crippen LogP contribution in [0.25, 0.3) is 0 Å². The normalized spacial score (nSPS) is 25.2. The molecular weight excluding hydrogens is 219 g/mol. The predicted molar refractivity (Wildman–Crippen MR) is 65.7 cm³/mol. The van der Waals surface area contributed by atoms with Crippen LogP contribution in [0.3, 0.4) is 0 Å². The van der Waals surface area contributed by atoms with Gasteiger partial charge in [-0.25, -0.2) is 4.39 Å². The lowest BCUT2D eigenvalue weighted by molar-refractivity contribution is 0.365. The molecule has 3 nitrogen and oxygen atoms in total. The van der Waals surface area contributed by atoms with Gasteiger partial charge in [-0.1, -0.05) is 6.07 Å². The van der Waals surface area contributed by atoms with Crippen LogP contribution in [0.1, 0.15) is 12.0 Å². The number of benzene rings is 1. The van der Waals surface area contributed by atoms with Crippen molar-refractivity contribution in [3.8, 4) is 5.75 Å². The second-order valence-electron chi connectivity index (χ2n) is 5.00. The van der Waals surface area contributed by atoms with Crippen molar-refractivity contribution < 1.29 is 9.13 Å². The molecule has 2 rings (SSSR count). The van der Waals surface area contributed by atoms with Crippen LogP contribution in [-0.4, -0.2) is 37.7 Å². The fourth-order valence-electron chi connectivity index (χ4n) is 2.48. The number of ether oxygens (including phenoxy) is 1. The van der Waals surface area contributed by atoms with E-state index in [1.807, 2.05) is 6.07 Å². The van der Waals surface area contributed by atoms with Gasteiger partial charge in [-0.2, -0.15) is 0 Å². The molecule has 1 aliphatic heterocycles. The molecule has 4 heteroatoms. The summed E-state index contributed by atoms with van der Waals surface area (Å²) in [4.78, 5) is 2.21. The van der Waals surface area contributed by atoms with Crippen LogP contribution in [0, 0.1) is 5.82 Å². The summed E-state index contributed by atoms with van der Waals surface area (Å²) in [6.45, 7) is 1.87. The van der Waals surface area contributed by atoms with Crippen molar-refractivity contribution in [2.45, 2.75) is 18.4 Å². The number of nitrogens with two attached hydrogens (primary N) is 1. The maximum absolute atomic E-state index is 13.5. The van der Waals surface area contributed by atoms with Crippen molar-refractivity contribution in [3.63, 3.8) is 0 Å². The van der Waals surface area contributed by atoms with Gasteiger partial charge in [0.1, 0.15) is 0 Å². The molecule has 94 valence electrons. The van der Waals surface area contributed by atoms with Gasteiger partial charge in [-0.05, 0) is 44.1 Å². The van der Waals surface area contributed by atoms with E-state index in [9.17, 15) is 4.39 Å². The van der Waals surface area contributed by atoms with Crippen LogP contribution >= 0.6 is 0 Å². The summed E-state index contributed by atoms with van der Waals surface area (Å²) in [6.07, 6.45) is 1.66. The minimum Gasteiger partial charge on any atom is -0.494 e. The molecule has 0 bridgehead atoms. The summed E-state index contributed by atoms with van der Waals surface area (Å²) < 4.78 is 18.4. The first kappa shape index (κ1) is 12.3. The number of likely N-dealkylation sites (N-methyl/N-ethyl adjacent to an activating group) is 1. The molecule has 0 spiro atoms. The maximum Gasteiger partial charge on any atom is 0.165 e. The van der Waals surface area contributed by atoms with E-state index in [2.05, 4.69) is 11.9 Å². The fourth-order valence-corrected chi connectivity index (χ4v) is 2.48. The third kappa shape index (κ3) is 2.76. The molecule has 1 atom stereocenters. The highest BCUT2D eigenvalue weighted by Gasteiger charge is 2.32. The average Bonchev–Trinajstić information content (AvgIpc) is 2.58. The third-order valence-electron chi connectivity index (χ3n) is 3.35. The van der Waals surface area contributed by atoms with Gasteiger partial charge in [0.15, 0.2) is 11.6 Å². The number of rotatable bonds is 3. The van der Waals surface area contributed by atoms with Crippen LogP contribution in [0.2, 0.25) is 0 Å². The lowest BCUT2D eigenvalue weighted by Crippen LogP contribution is -2.44. The third-order valence-corrected chi connectivity index (χ3v) is 3.35. The van der Waals surface area contributed by atoms with Crippen LogP contribution in [0.4, 0.5) is 4.39 Å². The number of hydrogen-bond donors (Lipinski definition) is 1. The Labute approximate surface area is 101 Å². The number of nitrogens with zero attached hydrogens (tertiary/aromatic N) is 1. The molecular formula is C13H19FN2O. The van der Waals surface area contributed by atoms with Gasteiger partial charge >= 0.3 is 0 Å². The fraction of sp³-hybridized carbons (Fsp3) is 0.538. The summed E-state index contributed by atoms with van der Waals surface area (Å²) in [7, 11) is 3.53. The van der Waals surface area contributed by atoms with Crippen molar-refractivity contribution in [1.29, 1.82) is 0 Å². The minimum atomic E-state index is -0.319. The molecule has 0 radical (unpaired) electrons. The summed E-state index contributed by atoms with van der Waals surface area (Å²) >= 11 is 0. The van der Waals surface area contributed by atoms with Gasteiger partial charge in [0, 0.05) is 12.1 Å². The highest BCUT2D eigenvalue weighted by molar-refractivity contribution is 5.30. The molecule has 2 N–H and O–H groups in total. The number of halogens is 1. The zero-order valence-corrected chi connectivity index (χ0v) is 10.4. The topological polar surface area (TPSA) is 38.5 Å². The van der Waals surface area contributed by atoms with E-state index in [-0.39, 0.29) is 17.1 Å². The zero-order valence-electron chi connectivity index (χ0n) is 10.4. The highest BCUT2D eigenvalue weighted by Crippen LogP contribution is 2.24. The molecule has 0 saturated carbocycles. The summed E-state index contributed by atoms with van der Waals surface area (Å²) in [5, 5.41) is 0. The van der Waals surface area contributed by atoms with Crippen molar-refractivity contribution in [2.75, 3.05) is 27.2 Å². The zero-order chi connectivity index (χ0) is 12.5. The first-order valence-electron chi connectivity index (χ1n) is 5.82. The van der Waals surface area contributed by atoms with Crippen LogP contribution in [-0.2, 0) is 6.42 Å². The largest absolute Gasteiger partial charge is 0.494 e. The quantitative estimate of drug-likeness (QED) is 0.865. The molecule has 17 heavy (non-hydrogen) atoms.